The van der Waals surface area contributed by atoms with E-state index in [0.717, 1.165) is 46.7 Å². The molecule has 6 heteroatoms. The lowest BCUT2D eigenvalue weighted by molar-refractivity contribution is 0.443. The summed E-state index contributed by atoms with van der Waals surface area (Å²) in [5, 5.41) is 3.87. The van der Waals surface area contributed by atoms with E-state index in [1.807, 2.05) is 34.7 Å². The van der Waals surface area contributed by atoms with Crippen LogP contribution in [0.1, 0.15) is 44.7 Å². The topological polar surface area (TPSA) is 67.4 Å². The van der Waals surface area contributed by atoms with Gasteiger partial charge in [0.1, 0.15) is 0 Å². The molecule has 1 saturated carbocycles. The van der Waals surface area contributed by atoms with Crippen LogP contribution in [0.3, 0.4) is 0 Å². The van der Waals surface area contributed by atoms with Gasteiger partial charge < -0.3 is 5.73 Å². The fourth-order valence-electron chi connectivity index (χ4n) is 3.68. The van der Waals surface area contributed by atoms with E-state index in [4.69, 9.17) is 15.7 Å². The number of benzene rings is 1. The summed E-state index contributed by atoms with van der Waals surface area (Å²) in [7, 11) is 0. The molecule has 2 aromatic heterocycles. The van der Waals surface area contributed by atoms with Crippen LogP contribution in [0.2, 0.25) is 0 Å². The van der Waals surface area contributed by atoms with Crippen molar-refractivity contribution in [3.63, 3.8) is 0 Å². The smallest absolute Gasteiger partial charge is 0.202 e. The van der Waals surface area contributed by atoms with Crippen molar-refractivity contribution in [1.82, 2.24) is 9.97 Å². The molecule has 0 amide bonds. The van der Waals surface area contributed by atoms with Crippen LogP contribution < -0.4 is 10.6 Å². The van der Waals surface area contributed by atoms with Crippen LogP contribution in [0, 0.1) is 0 Å². The molecule has 2 N–H and O–H groups in total. The molecule has 1 aromatic carbocycles. The van der Waals surface area contributed by atoms with Crippen LogP contribution in [0.4, 0.5) is 10.8 Å². The molecule has 3 aromatic rings. The maximum Gasteiger partial charge on any atom is 0.202 e. The molecule has 0 unspecified atom stereocenters. The largest absolute Gasteiger partial charge is 0.369 e. The SMILES string of the molecule is CCc1cc(N(C(N)=NC2CCCCC2)c2nccs2)c2ccccc2n1. The number of nitrogens with two attached hydrogens (primary N) is 1. The second-order valence-corrected chi connectivity index (χ2v) is 7.81. The van der Waals surface area contributed by atoms with E-state index in [9.17, 15) is 0 Å². The van der Waals surface area contributed by atoms with Crippen molar-refractivity contribution in [1.29, 1.82) is 0 Å². The first-order chi connectivity index (χ1) is 13.3. The normalized spacial score (nSPS) is 16.0. The first kappa shape index (κ1) is 17.9. The van der Waals surface area contributed by atoms with Crippen LogP contribution in [0.25, 0.3) is 10.9 Å². The molecule has 0 aliphatic heterocycles. The van der Waals surface area contributed by atoms with E-state index in [1.54, 1.807) is 11.3 Å². The number of rotatable bonds is 4. The van der Waals surface area contributed by atoms with E-state index in [1.165, 1.54) is 19.3 Å². The number of hydrogen-bond donors (Lipinski definition) is 1. The number of nitrogens with zero attached hydrogens (tertiary/aromatic N) is 4. The molecule has 0 saturated heterocycles. The monoisotopic (exact) mass is 379 g/mol. The minimum Gasteiger partial charge on any atom is -0.369 e. The van der Waals surface area contributed by atoms with Gasteiger partial charge in [0.05, 0.1) is 17.2 Å². The lowest BCUT2D eigenvalue weighted by atomic mass is 9.96. The van der Waals surface area contributed by atoms with Gasteiger partial charge in [0, 0.05) is 22.7 Å². The van der Waals surface area contributed by atoms with Gasteiger partial charge in [0.15, 0.2) is 5.13 Å². The molecular weight excluding hydrogens is 354 g/mol. The van der Waals surface area contributed by atoms with E-state index < -0.39 is 0 Å². The highest BCUT2D eigenvalue weighted by Crippen LogP contribution is 2.34. The molecule has 140 valence electrons. The number of guanidine groups is 1. The Labute approximate surface area is 164 Å². The third-order valence-electron chi connectivity index (χ3n) is 5.08. The zero-order valence-electron chi connectivity index (χ0n) is 15.6. The van der Waals surface area contributed by atoms with Gasteiger partial charge in [-0.05, 0) is 31.4 Å². The van der Waals surface area contributed by atoms with E-state index in [2.05, 4.69) is 24.0 Å². The predicted octanol–water partition coefficient (Wildman–Crippen LogP) is 5.04. The summed E-state index contributed by atoms with van der Waals surface area (Å²) in [6.07, 6.45) is 8.67. The third-order valence-corrected chi connectivity index (χ3v) is 5.84. The molecule has 1 fully saturated rings. The van der Waals surface area contributed by atoms with Gasteiger partial charge in [0.25, 0.3) is 0 Å². The van der Waals surface area contributed by atoms with Gasteiger partial charge in [-0.3, -0.25) is 9.88 Å². The number of hydrogen-bond acceptors (Lipinski definition) is 4. The number of aryl methyl sites for hydroxylation is 1. The van der Waals surface area contributed by atoms with Gasteiger partial charge in [-0.1, -0.05) is 44.4 Å². The standard InChI is InChI=1S/C21H25N5S/c1-2-15-14-19(17-10-6-7-11-18(17)24-15)26(21-23-12-13-27-21)20(22)25-16-8-4-3-5-9-16/h6-7,10-14,16H,2-5,8-9H2,1H3,(H2,22,25). The highest BCUT2D eigenvalue weighted by Gasteiger charge is 2.22. The van der Waals surface area contributed by atoms with Gasteiger partial charge in [-0.2, -0.15) is 0 Å². The molecule has 0 bridgehead atoms. The highest BCUT2D eigenvalue weighted by atomic mass is 32.1. The first-order valence-electron chi connectivity index (χ1n) is 9.68. The Morgan fingerprint density at radius 1 is 1.26 bits per heavy atom. The van der Waals surface area contributed by atoms with E-state index in [0.29, 0.717) is 12.0 Å². The zero-order chi connectivity index (χ0) is 18.6. The van der Waals surface area contributed by atoms with Crippen molar-refractivity contribution < 1.29 is 0 Å². The number of thiazole rings is 1. The summed E-state index contributed by atoms with van der Waals surface area (Å²) in [5.74, 6) is 0.523. The van der Waals surface area contributed by atoms with Gasteiger partial charge in [-0.15, -0.1) is 11.3 Å². The number of para-hydroxylation sites is 1. The number of fused-ring (bicyclic) bond motifs is 1. The van der Waals surface area contributed by atoms with Crippen molar-refractivity contribution in [2.45, 2.75) is 51.5 Å². The van der Waals surface area contributed by atoms with Crippen LogP contribution in [0.15, 0.2) is 46.9 Å². The number of pyridine rings is 1. The Morgan fingerprint density at radius 2 is 2.07 bits per heavy atom. The second-order valence-electron chi connectivity index (χ2n) is 6.93. The van der Waals surface area contributed by atoms with Crippen molar-refractivity contribution in [3.05, 3.63) is 47.6 Å². The second kappa shape index (κ2) is 8.05. The number of aliphatic imine (C=N–C) groups is 1. The first-order valence-corrected chi connectivity index (χ1v) is 10.6. The van der Waals surface area contributed by atoms with Gasteiger partial charge in [0.2, 0.25) is 5.96 Å². The molecule has 0 atom stereocenters. The lowest BCUT2D eigenvalue weighted by Gasteiger charge is -2.25. The fraction of sp³-hybridized carbons (Fsp3) is 0.381. The summed E-state index contributed by atoms with van der Waals surface area (Å²) < 4.78 is 0. The lowest BCUT2D eigenvalue weighted by Crippen LogP contribution is -2.35. The molecule has 5 nitrogen and oxygen atoms in total. The summed E-state index contributed by atoms with van der Waals surface area (Å²) in [6, 6.07) is 10.6. The molecule has 0 radical (unpaired) electrons. The Hall–Kier alpha value is -2.47. The molecule has 0 spiro atoms. The summed E-state index contributed by atoms with van der Waals surface area (Å²) in [5.41, 5.74) is 9.59. The van der Waals surface area contributed by atoms with Crippen molar-refractivity contribution in [3.8, 4) is 0 Å². The van der Waals surface area contributed by atoms with Crippen LogP contribution >= 0.6 is 11.3 Å². The maximum absolute atomic E-state index is 6.58. The van der Waals surface area contributed by atoms with Crippen molar-refractivity contribution >= 4 is 39.0 Å². The summed E-state index contributed by atoms with van der Waals surface area (Å²) in [6.45, 7) is 2.12. The molecular formula is C21H25N5S. The maximum atomic E-state index is 6.58. The minimum atomic E-state index is 0.306. The third kappa shape index (κ3) is 3.81. The van der Waals surface area contributed by atoms with Crippen LogP contribution in [-0.2, 0) is 6.42 Å². The fourth-order valence-corrected chi connectivity index (χ4v) is 4.34. The zero-order valence-corrected chi connectivity index (χ0v) is 16.5. The molecule has 2 heterocycles. The Bertz CT molecular complexity index is 929. The summed E-state index contributed by atoms with van der Waals surface area (Å²) >= 11 is 1.57. The average molecular weight is 380 g/mol. The van der Waals surface area contributed by atoms with Crippen LogP contribution in [0.5, 0.6) is 0 Å². The minimum absolute atomic E-state index is 0.306. The van der Waals surface area contributed by atoms with E-state index in [-0.39, 0.29) is 0 Å². The van der Waals surface area contributed by atoms with Gasteiger partial charge >= 0.3 is 0 Å². The summed E-state index contributed by atoms with van der Waals surface area (Å²) in [4.78, 5) is 16.2. The van der Waals surface area contributed by atoms with Gasteiger partial charge in [-0.25, -0.2) is 9.98 Å². The number of anilines is 2. The molecule has 1 aliphatic rings. The number of aromatic nitrogens is 2. The Balaban J connectivity index is 1.85. The van der Waals surface area contributed by atoms with E-state index >= 15 is 0 Å². The quantitative estimate of drug-likeness (QED) is 0.509. The Kier molecular flexibility index (Phi) is 5.34. The molecule has 1 aliphatic carbocycles. The van der Waals surface area contributed by atoms with Crippen molar-refractivity contribution in [2.75, 3.05) is 4.90 Å². The van der Waals surface area contributed by atoms with Crippen molar-refractivity contribution in [2.24, 2.45) is 10.7 Å². The highest BCUT2D eigenvalue weighted by molar-refractivity contribution is 7.13. The predicted molar refractivity (Wildman–Crippen MR) is 114 cm³/mol. The Morgan fingerprint density at radius 3 is 2.81 bits per heavy atom. The molecule has 27 heavy (non-hydrogen) atoms. The van der Waals surface area contributed by atoms with Crippen LogP contribution in [-0.4, -0.2) is 22.0 Å². The average Bonchev–Trinajstić information content (AvgIpc) is 3.23. The molecule has 4 rings (SSSR count).